The third-order valence-electron chi connectivity index (χ3n) is 7.51. The number of carbonyl (C=O) groups is 1. The normalized spacial score (nSPS) is 20.1. The number of thiazole rings is 1. The van der Waals surface area contributed by atoms with Crippen molar-refractivity contribution < 1.29 is 19.4 Å². The standard InChI is InChI=1S/C34H33N3O4S2/c1-22-29(21-42-34-37-28-9-5-6-10-30(28)43-34)40-32(41-31(22)25-13-11-24(20-38)12-14-25)26-15-17-27(18-16-26)36-33(39)35-19-23-7-3-2-4-8-23/h2-18,22,29,31-32,38H,19-21H2,1H3,(H2,35,36,39). The van der Waals surface area contributed by atoms with Gasteiger partial charge in [-0.05, 0) is 41.0 Å². The highest BCUT2D eigenvalue weighted by Gasteiger charge is 2.38. The summed E-state index contributed by atoms with van der Waals surface area (Å²) < 4.78 is 15.3. The van der Waals surface area contributed by atoms with Crippen LogP contribution in [0.2, 0.25) is 0 Å². The minimum absolute atomic E-state index is 0.000805. The monoisotopic (exact) mass is 611 g/mol. The largest absolute Gasteiger partial charge is 0.392 e. The van der Waals surface area contributed by atoms with Gasteiger partial charge >= 0.3 is 6.03 Å². The number of ether oxygens (including phenoxy) is 2. The SMILES string of the molecule is CC1C(CSc2nc3ccccc3s2)OC(c2ccc(NC(=O)NCc3ccccc3)cc2)OC1c1ccc(CO)cc1. The first-order valence-electron chi connectivity index (χ1n) is 14.2. The molecule has 0 saturated carbocycles. The molecular formula is C34H33N3O4S2. The third-order valence-corrected chi connectivity index (χ3v) is 9.77. The van der Waals surface area contributed by atoms with Crippen molar-refractivity contribution in [3.05, 3.63) is 125 Å². The van der Waals surface area contributed by atoms with Gasteiger partial charge in [-0.1, -0.05) is 97.5 Å². The summed E-state index contributed by atoms with van der Waals surface area (Å²) in [5, 5.41) is 15.3. The number of thioether (sulfide) groups is 1. The van der Waals surface area contributed by atoms with Gasteiger partial charge in [0, 0.05) is 29.5 Å². The van der Waals surface area contributed by atoms with Gasteiger partial charge in [0.15, 0.2) is 10.6 Å². The molecule has 1 aliphatic rings. The Balaban J connectivity index is 1.16. The maximum Gasteiger partial charge on any atom is 0.319 e. The summed E-state index contributed by atoms with van der Waals surface area (Å²) in [7, 11) is 0. The molecule has 6 rings (SSSR count). The summed E-state index contributed by atoms with van der Waals surface area (Å²) in [5.41, 5.74) is 5.50. The van der Waals surface area contributed by atoms with Gasteiger partial charge in [-0.25, -0.2) is 9.78 Å². The maximum absolute atomic E-state index is 12.4. The van der Waals surface area contributed by atoms with Crippen LogP contribution >= 0.6 is 23.1 Å². The lowest BCUT2D eigenvalue weighted by Crippen LogP contribution is -2.38. The number of nitrogens with one attached hydrogen (secondary N) is 2. The number of aromatic nitrogens is 1. The van der Waals surface area contributed by atoms with Crippen LogP contribution in [-0.2, 0) is 22.6 Å². The highest BCUT2D eigenvalue weighted by Crippen LogP contribution is 2.43. The number of nitrogens with zero attached hydrogens (tertiary/aromatic N) is 1. The van der Waals surface area contributed by atoms with Crippen LogP contribution in [0.1, 0.15) is 41.6 Å². The molecule has 2 amide bonds. The van der Waals surface area contributed by atoms with Gasteiger partial charge in [0.1, 0.15) is 0 Å². The van der Waals surface area contributed by atoms with Gasteiger partial charge in [-0.2, -0.15) is 0 Å². The highest BCUT2D eigenvalue weighted by molar-refractivity contribution is 8.01. The number of benzene rings is 4. The van der Waals surface area contributed by atoms with Crippen molar-refractivity contribution in [3.8, 4) is 0 Å². The van der Waals surface area contributed by atoms with Gasteiger partial charge in [-0.3, -0.25) is 0 Å². The van der Waals surface area contributed by atoms with Crippen LogP contribution in [0.5, 0.6) is 0 Å². The van der Waals surface area contributed by atoms with E-state index in [4.69, 9.17) is 14.5 Å². The Bertz CT molecular complexity index is 1610. The van der Waals surface area contributed by atoms with Gasteiger partial charge < -0.3 is 25.2 Å². The van der Waals surface area contributed by atoms with Gasteiger partial charge in [0.25, 0.3) is 0 Å². The van der Waals surface area contributed by atoms with E-state index in [1.807, 2.05) is 97.1 Å². The first kappa shape index (κ1) is 29.3. The third kappa shape index (κ3) is 7.26. The molecule has 0 bridgehead atoms. The van der Waals surface area contributed by atoms with Gasteiger partial charge in [-0.15, -0.1) is 11.3 Å². The van der Waals surface area contributed by atoms with Crippen LogP contribution in [0.25, 0.3) is 10.2 Å². The molecule has 1 aliphatic heterocycles. The fourth-order valence-electron chi connectivity index (χ4n) is 5.05. The van der Waals surface area contributed by atoms with Crippen molar-refractivity contribution >= 4 is 45.0 Å². The van der Waals surface area contributed by atoms with Crippen molar-refractivity contribution in [3.63, 3.8) is 0 Å². The summed E-state index contributed by atoms with van der Waals surface area (Å²) in [6.45, 7) is 2.61. The smallest absolute Gasteiger partial charge is 0.319 e. The number of urea groups is 1. The molecule has 4 atom stereocenters. The van der Waals surface area contributed by atoms with E-state index in [0.717, 1.165) is 37.9 Å². The molecule has 0 radical (unpaired) electrons. The Labute approximate surface area is 259 Å². The molecule has 7 nitrogen and oxygen atoms in total. The summed E-state index contributed by atoms with van der Waals surface area (Å²) in [4.78, 5) is 17.2. The van der Waals surface area contributed by atoms with Gasteiger partial charge in [0.2, 0.25) is 0 Å². The molecule has 2 heterocycles. The number of amides is 2. The zero-order chi connectivity index (χ0) is 29.6. The molecular weight excluding hydrogens is 579 g/mol. The van der Waals surface area contributed by atoms with Crippen LogP contribution < -0.4 is 10.6 Å². The zero-order valence-electron chi connectivity index (χ0n) is 23.7. The van der Waals surface area contributed by atoms with E-state index in [0.29, 0.717) is 12.2 Å². The maximum atomic E-state index is 12.4. The van der Waals surface area contributed by atoms with Crippen molar-refractivity contribution in [2.75, 3.05) is 11.1 Å². The predicted molar refractivity (Wildman–Crippen MR) is 172 cm³/mol. The van der Waals surface area contributed by atoms with Crippen molar-refractivity contribution in [2.24, 2.45) is 5.92 Å². The molecule has 3 N–H and O–H groups in total. The number of hydrogen-bond acceptors (Lipinski definition) is 7. The van der Waals surface area contributed by atoms with E-state index in [-0.39, 0.29) is 30.8 Å². The minimum Gasteiger partial charge on any atom is -0.392 e. The summed E-state index contributed by atoms with van der Waals surface area (Å²) in [5.74, 6) is 0.806. The minimum atomic E-state index is -0.583. The Kier molecular flexibility index (Phi) is 9.36. The zero-order valence-corrected chi connectivity index (χ0v) is 25.3. The van der Waals surface area contributed by atoms with Crippen molar-refractivity contribution in [2.45, 2.75) is 42.9 Å². The van der Waals surface area contributed by atoms with Gasteiger partial charge in [0.05, 0.1) is 29.0 Å². The number of anilines is 1. The van der Waals surface area contributed by atoms with Crippen molar-refractivity contribution in [1.29, 1.82) is 0 Å². The molecule has 1 saturated heterocycles. The van der Waals surface area contributed by atoms with Crippen molar-refractivity contribution in [1.82, 2.24) is 10.3 Å². The molecule has 220 valence electrons. The summed E-state index contributed by atoms with van der Waals surface area (Å²) in [6.07, 6.45) is -0.880. The number of rotatable bonds is 9. The number of fused-ring (bicyclic) bond motifs is 1. The molecule has 0 spiro atoms. The van der Waals surface area contributed by atoms with Crippen LogP contribution in [-0.4, -0.2) is 28.0 Å². The van der Waals surface area contributed by atoms with Crippen LogP contribution in [0.4, 0.5) is 10.5 Å². The molecule has 1 aromatic heterocycles. The Hall–Kier alpha value is -3.73. The van der Waals surface area contributed by atoms with E-state index in [2.05, 4.69) is 23.6 Å². The number of aliphatic hydroxyl groups excluding tert-OH is 1. The lowest BCUT2D eigenvalue weighted by Gasteiger charge is -2.41. The molecule has 4 aromatic carbocycles. The Morgan fingerprint density at radius 1 is 0.884 bits per heavy atom. The molecule has 43 heavy (non-hydrogen) atoms. The quantitative estimate of drug-likeness (QED) is 0.148. The Morgan fingerprint density at radius 3 is 2.35 bits per heavy atom. The lowest BCUT2D eigenvalue weighted by molar-refractivity contribution is -0.268. The van der Waals surface area contributed by atoms with Crippen LogP contribution in [0.3, 0.4) is 0 Å². The number of para-hydroxylation sites is 1. The molecule has 4 unspecified atom stereocenters. The fourth-order valence-corrected chi connectivity index (χ4v) is 7.31. The fraction of sp³-hybridized carbons (Fsp3) is 0.235. The summed E-state index contributed by atoms with van der Waals surface area (Å²) >= 11 is 3.40. The van der Waals surface area contributed by atoms with Crippen LogP contribution in [0.15, 0.2) is 107 Å². The van der Waals surface area contributed by atoms with E-state index >= 15 is 0 Å². The molecule has 1 fully saturated rings. The summed E-state index contributed by atoms with van der Waals surface area (Å²) in [6, 6.07) is 33.2. The second kappa shape index (κ2) is 13.7. The highest BCUT2D eigenvalue weighted by atomic mass is 32.2. The van der Waals surface area contributed by atoms with E-state index in [1.165, 1.54) is 4.70 Å². The molecule has 5 aromatic rings. The second-order valence-electron chi connectivity index (χ2n) is 10.5. The Morgan fingerprint density at radius 2 is 1.60 bits per heavy atom. The first-order chi connectivity index (χ1) is 21.1. The molecule has 9 heteroatoms. The number of aliphatic hydroxyl groups is 1. The predicted octanol–water partition coefficient (Wildman–Crippen LogP) is 7.69. The first-order valence-corrected chi connectivity index (χ1v) is 16.0. The van der Waals surface area contributed by atoms with E-state index in [9.17, 15) is 9.90 Å². The molecule has 0 aliphatic carbocycles. The average Bonchev–Trinajstić information content (AvgIpc) is 3.47. The van der Waals surface area contributed by atoms with E-state index < -0.39 is 6.29 Å². The van der Waals surface area contributed by atoms with Crippen LogP contribution in [0, 0.1) is 5.92 Å². The number of hydrogen-bond donors (Lipinski definition) is 3. The topological polar surface area (TPSA) is 92.7 Å². The lowest BCUT2D eigenvalue weighted by atomic mass is 9.91. The second-order valence-corrected chi connectivity index (χ2v) is 12.8. The number of carbonyl (C=O) groups excluding carboxylic acids is 1. The van der Waals surface area contributed by atoms with E-state index in [1.54, 1.807) is 23.1 Å². The average molecular weight is 612 g/mol.